The maximum atomic E-state index is 5.31. The van der Waals surface area contributed by atoms with Gasteiger partial charge in [-0.2, -0.15) is 4.98 Å². The van der Waals surface area contributed by atoms with Crippen molar-refractivity contribution in [1.29, 1.82) is 0 Å². The number of hydrogen-bond donors (Lipinski definition) is 1. The topological polar surface area (TPSA) is 54.2 Å². The maximum Gasteiger partial charge on any atom is 0.231 e. The fourth-order valence-corrected chi connectivity index (χ4v) is 2.27. The Balaban J connectivity index is 1.59. The van der Waals surface area contributed by atoms with Crippen molar-refractivity contribution in [1.82, 2.24) is 20.4 Å². The monoisotopic (exact) mass is 258 g/mol. The van der Waals surface area contributed by atoms with Crippen LogP contribution in [0.25, 0.3) is 0 Å². The van der Waals surface area contributed by atoms with Crippen molar-refractivity contribution in [3.63, 3.8) is 0 Å². The summed E-state index contributed by atoms with van der Waals surface area (Å²) in [7, 11) is 0. The van der Waals surface area contributed by atoms with Crippen LogP contribution in [-0.2, 0) is 13.0 Å². The molecule has 1 aliphatic rings. The SMILES string of the molecule is c1ccc(Cc2nc(CN3CCNCC3)no2)cc1. The highest BCUT2D eigenvalue weighted by molar-refractivity contribution is 5.17. The number of hydrogen-bond acceptors (Lipinski definition) is 5. The fourth-order valence-electron chi connectivity index (χ4n) is 2.27. The van der Waals surface area contributed by atoms with Crippen molar-refractivity contribution < 1.29 is 4.52 Å². The number of nitrogens with one attached hydrogen (secondary N) is 1. The number of aromatic nitrogens is 2. The van der Waals surface area contributed by atoms with E-state index in [4.69, 9.17) is 4.52 Å². The van der Waals surface area contributed by atoms with E-state index in [0.717, 1.165) is 38.5 Å². The Labute approximate surface area is 112 Å². The van der Waals surface area contributed by atoms with Gasteiger partial charge in [-0.1, -0.05) is 35.5 Å². The zero-order valence-electron chi connectivity index (χ0n) is 10.9. The highest BCUT2D eigenvalue weighted by Crippen LogP contribution is 2.08. The van der Waals surface area contributed by atoms with Gasteiger partial charge in [-0.05, 0) is 5.56 Å². The molecule has 0 saturated carbocycles. The Hall–Kier alpha value is -1.72. The van der Waals surface area contributed by atoms with Gasteiger partial charge in [0.2, 0.25) is 5.89 Å². The maximum absolute atomic E-state index is 5.31. The Morgan fingerprint density at radius 1 is 1.16 bits per heavy atom. The van der Waals surface area contributed by atoms with E-state index >= 15 is 0 Å². The van der Waals surface area contributed by atoms with E-state index in [1.165, 1.54) is 5.56 Å². The second kappa shape index (κ2) is 5.95. The van der Waals surface area contributed by atoms with E-state index in [1.54, 1.807) is 0 Å². The molecular weight excluding hydrogens is 240 g/mol. The fraction of sp³-hybridized carbons (Fsp3) is 0.429. The van der Waals surface area contributed by atoms with Gasteiger partial charge in [0.25, 0.3) is 0 Å². The molecule has 0 radical (unpaired) electrons. The second-order valence-electron chi connectivity index (χ2n) is 4.79. The van der Waals surface area contributed by atoms with Crippen LogP contribution >= 0.6 is 0 Å². The number of nitrogens with zero attached hydrogens (tertiary/aromatic N) is 3. The minimum Gasteiger partial charge on any atom is -0.339 e. The summed E-state index contributed by atoms with van der Waals surface area (Å²) in [5, 5.41) is 7.39. The van der Waals surface area contributed by atoms with Crippen LogP contribution in [0, 0.1) is 0 Å². The predicted molar refractivity (Wildman–Crippen MR) is 71.7 cm³/mol. The molecule has 0 amide bonds. The summed E-state index contributed by atoms with van der Waals surface area (Å²) >= 11 is 0. The average Bonchev–Trinajstić information content (AvgIpc) is 2.88. The van der Waals surface area contributed by atoms with E-state index < -0.39 is 0 Å². The lowest BCUT2D eigenvalue weighted by Gasteiger charge is -2.25. The number of rotatable bonds is 4. The molecule has 0 aliphatic carbocycles. The van der Waals surface area contributed by atoms with Gasteiger partial charge in [0.15, 0.2) is 5.82 Å². The van der Waals surface area contributed by atoms with E-state index in [0.29, 0.717) is 12.3 Å². The molecule has 0 atom stereocenters. The molecule has 0 unspecified atom stereocenters. The first-order valence-corrected chi connectivity index (χ1v) is 6.68. The van der Waals surface area contributed by atoms with Crippen LogP contribution in [0.5, 0.6) is 0 Å². The largest absolute Gasteiger partial charge is 0.339 e. The summed E-state index contributed by atoms with van der Waals surface area (Å²) in [5.41, 5.74) is 1.19. The normalized spacial score (nSPS) is 16.6. The highest BCUT2D eigenvalue weighted by atomic mass is 16.5. The van der Waals surface area contributed by atoms with Gasteiger partial charge < -0.3 is 9.84 Å². The third kappa shape index (κ3) is 3.39. The van der Waals surface area contributed by atoms with Crippen LogP contribution in [0.15, 0.2) is 34.9 Å². The summed E-state index contributed by atoms with van der Waals surface area (Å²) in [6.07, 6.45) is 0.704. The lowest BCUT2D eigenvalue weighted by Crippen LogP contribution is -2.43. The van der Waals surface area contributed by atoms with Crippen molar-refractivity contribution in [3.8, 4) is 0 Å². The third-order valence-electron chi connectivity index (χ3n) is 3.28. The zero-order chi connectivity index (χ0) is 12.9. The summed E-state index contributed by atoms with van der Waals surface area (Å²) in [6, 6.07) is 10.2. The predicted octanol–water partition coefficient (Wildman–Crippen LogP) is 1.07. The lowest BCUT2D eigenvalue weighted by molar-refractivity contribution is 0.224. The molecule has 1 aromatic carbocycles. The summed E-state index contributed by atoms with van der Waals surface area (Å²) < 4.78 is 5.31. The molecule has 19 heavy (non-hydrogen) atoms. The van der Waals surface area contributed by atoms with Crippen molar-refractivity contribution in [2.75, 3.05) is 26.2 Å². The van der Waals surface area contributed by atoms with Crippen LogP contribution < -0.4 is 5.32 Å². The van der Waals surface area contributed by atoms with Crippen LogP contribution in [0.4, 0.5) is 0 Å². The molecule has 3 rings (SSSR count). The van der Waals surface area contributed by atoms with Crippen molar-refractivity contribution in [2.45, 2.75) is 13.0 Å². The smallest absolute Gasteiger partial charge is 0.231 e. The Kier molecular flexibility index (Phi) is 3.86. The molecule has 5 nitrogen and oxygen atoms in total. The van der Waals surface area contributed by atoms with Crippen molar-refractivity contribution in [2.24, 2.45) is 0 Å². The number of benzene rings is 1. The summed E-state index contributed by atoms with van der Waals surface area (Å²) in [4.78, 5) is 6.80. The van der Waals surface area contributed by atoms with Crippen molar-refractivity contribution in [3.05, 3.63) is 47.6 Å². The minimum atomic E-state index is 0.691. The Bertz CT molecular complexity index is 505. The molecule has 2 heterocycles. The van der Waals surface area contributed by atoms with Crippen LogP contribution in [0.2, 0.25) is 0 Å². The van der Waals surface area contributed by atoms with E-state index in [-0.39, 0.29) is 0 Å². The van der Waals surface area contributed by atoms with Gasteiger partial charge in [0.05, 0.1) is 13.0 Å². The molecule has 1 aromatic heterocycles. The quantitative estimate of drug-likeness (QED) is 0.889. The molecule has 0 bridgehead atoms. The lowest BCUT2D eigenvalue weighted by atomic mass is 10.1. The molecule has 0 spiro atoms. The van der Waals surface area contributed by atoms with Gasteiger partial charge in [0, 0.05) is 26.2 Å². The molecular formula is C14H18N4O. The molecule has 1 saturated heterocycles. The second-order valence-corrected chi connectivity index (χ2v) is 4.79. The average molecular weight is 258 g/mol. The Morgan fingerprint density at radius 2 is 1.95 bits per heavy atom. The molecule has 1 aliphatic heterocycles. The summed E-state index contributed by atoms with van der Waals surface area (Å²) in [5.74, 6) is 1.48. The van der Waals surface area contributed by atoms with Crippen LogP contribution in [-0.4, -0.2) is 41.2 Å². The first-order valence-electron chi connectivity index (χ1n) is 6.68. The van der Waals surface area contributed by atoms with Gasteiger partial charge in [-0.25, -0.2) is 0 Å². The molecule has 1 N–H and O–H groups in total. The van der Waals surface area contributed by atoms with Gasteiger partial charge in [-0.3, -0.25) is 4.90 Å². The van der Waals surface area contributed by atoms with Crippen LogP contribution in [0.1, 0.15) is 17.3 Å². The molecule has 100 valence electrons. The molecule has 5 heteroatoms. The van der Waals surface area contributed by atoms with Gasteiger partial charge >= 0.3 is 0 Å². The standard InChI is InChI=1S/C14H18N4O/c1-2-4-12(5-3-1)10-14-16-13(17-19-14)11-18-8-6-15-7-9-18/h1-5,15H,6-11H2. The highest BCUT2D eigenvalue weighted by Gasteiger charge is 2.14. The first kappa shape index (κ1) is 12.3. The third-order valence-corrected chi connectivity index (χ3v) is 3.28. The molecule has 1 fully saturated rings. The van der Waals surface area contributed by atoms with E-state index in [1.807, 2.05) is 18.2 Å². The van der Waals surface area contributed by atoms with E-state index in [9.17, 15) is 0 Å². The minimum absolute atomic E-state index is 0.691. The molecule has 2 aromatic rings. The first-order chi connectivity index (χ1) is 9.40. The Morgan fingerprint density at radius 3 is 2.74 bits per heavy atom. The van der Waals surface area contributed by atoms with Crippen LogP contribution in [0.3, 0.4) is 0 Å². The van der Waals surface area contributed by atoms with Gasteiger partial charge in [-0.15, -0.1) is 0 Å². The summed E-state index contributed by atoms with van der Waals surface area (Å²) in [6.45, 7) is 4.94. The number of piperazine rings is 1. The zero-order valence-corrected chi connectivity index (χ0v) is 10.9. The van der Waals surface area contributed by atoms with E-state index in [2.05, 4.69) is 32.5 Å². The van der Waals surface area contributed by atoms with Crippen molar-refractivity contribution >= 4 is 0 Å². The van der Waals surface area contributed by atoms with Gasteiger partial charge in [0.1, 0.15) is 0 Å².